The van der Waals surface area contributed by atoms with Crippen molar-refractivity contribution in [1.29, 1.82) is 0 Å². The summed E-state index contributed by atoms with van der Waals surface area (Å²) in [6.45, 7) is 1.99. The van der Waals surface area contributed by atoms with Crippen LogP contribution in [0.2, 0.25) is 0 Å². The molecule has 0 radical (unpaired) electrons. The van der Waals surface area contributed by atoms with Crippen LogP contribution in [0.25, 0.3) is 0 Å². The zero-order chi connectivity index (χ0) is 12.8. The molecule has 0 bridgehead atoms. The van der Waals surface area contributed by atoms with E-state index in [1.54, 1.807) is 6.92 Å². The largest absolute Gasteiger partial charge is 0.466 e. The molecule has 0 fully saturated rings. The number of esters is 1. The Balaban J connectivity index is 3.86. The van der Waals surface area contributed by atoms with E-state index in [4.69, 9.17) is 0 Å². The number of halogens is 4. The summed E-state index contributed by atoms with van der Waals surface area (Å²) in [5.74, 6) is -5.27. The van der Waals surface area contributed by atoms with E-state index in [-0.39, 0.29) is 13.2 Å². The van der Waals surface area contributed by atoms with Crippen LogP contribution in [0.5, 0.6) is 0 Å². The Morgan fingerprint density at radius 2 is 2.00 bits per heavy atom. The third-order valence-corrected chi connectivity index (χ3v) is 1.82. The molecule has 0 aliphatic heterocycles. The van der Waals surface area contributed by atoms with Crippen molar-refractivity contribution in [3.05, 3.63) is 0 Å². The standard InChI is InChI=1S/C9H15F4NO2/c1-3-16-7(15)6(2)4-14-5-9(12,13)8(10)11/h6,8,14H,3-5H2,1-2H3. The first-order valence-electron chi connectivity index (χ1n) is 4.84. The molecular weight excluding hydrogens is 230 g/mol. The van der Waals surface area contributed by atoms with Gasteiger partial charge in [-0.15, -0.1) is 0 Å². The monoisotopic (exact) mass is 245 g/mol. The van der Waals surface area contributed by atoms with Gasteiger partial charge in [-0.05, 0) is 6.92 Å². The minimum atomic E-state index is -4.08. The predicted molar refractivity (Wildman–Crippen MR) is 49.6 cm³/mol. The predicted octanol–water partition coefficient (Wildman–Crippen LogP) is 1.68. The molecule has 1 atom stereocenters. The zero-order valence-corrected chi connectivity index (χ0v) is 9.10. The zero-order valence-electron chi connectivity index (χ0n) is 9.10. The first kappa shape index (κ1) is 15.2. The Kier molecular flexibility index (Phi) is 6.32. The van der Waals surface area contributed by atoms with E-state index in [0.717, 1.165) is 0 Å². The van der Waals surface area contributed by atoms with Crippen molar-refractivity contribution in [1.82, 2.24) is 5.32 Å². The molecule has 0 saturated carbocycles. The highest BCUT2D eigenvalue weighted by atomic mass is 19.3. The highest BCUT2D eigenvalue weighted by molar-refractivity contribution is 5.72. The second kappa shape index (κ2) is 6.67. The van der Waals surface area contributed by atoms with Crippen LogP contribution in [0.4, 0.5) is 17.6 Å². The van der Waals surface area contributed by atoms with Gasteiger partial charge in [0.25, 0.3) is 0 Å². The van der Waals surface area contributed by atoms with Crippen molar-refractivity contribution in [3.8, 4) is 0 Å². The van der Waals surface area contributed by atoms with E-state index in [1.165, 1.54) is 6.92 Å². The first-order chi connectivity index (χ1) is 7.31. The molecule has 0 aliphatic carbocycles. The average molecular weight is 245 g/mol. The number of alkyl halides is 4. The number of carbonyl (C=O) groups excluding carboxylic acids is 1. The van der Waals surface area contributed by atoms with Crippen molar-refractivity contribution in [2.45, 2.75) is 26.2 Å². The normalized spacial score (nSPS) is 13.9. The smallest absolute Gasteiger partial charge is 0.319 e. The minimum Gasteiger partial charge on any atom is -0.466 e. The Morgan fingerprint density at radius 1 is 1.44 bits per heavy atom. The van der Waals surface area contributed by atoms with Crippen molar-refractivity contribution >= 4 is 5.97 Å². The van der Waals surface area contributed by atoms with Gasteiger partial charge in [-0.25, -0.2) is 8.78 Å². The highest BCUT2D eigenvalue weighted by Crippen LogP contribution is 2.21. The minimum absolute atomic E-state index is 0.124. The van der Waals surface area contributed by atoms with Crippen LogP contribution < -0.4 is 5.32 Å². The summed E-state index contributed by atoms with van der Waals surface area (Å²) in [7, 11) is 0. The van der Waals surface area contributed by atoms with Gasteiger partial charge in [0.2, 0.25) is 0 Å². The summed E-state index contributed by atoms with van der Waals surface area (Å²) < 4.78 is 52.9. The molecule has 0 aromatic rings. The molecule has 0 aromatic carbocycles. The van der Waals surface area contributed by atoms with Crippen LogP contribution in [0, 0.1) is 5.92 Å². The lowest BCUT2D eigenvalue weighted by molar-refractivity contribution is -0.147. The molecular formula is C9H15F4NO2. The molecule has 0 aromatic heterocycles. The molecule has 0 heterocycles. The molecule has 0 rings (SSSR count). The molecule has 0 spiro atoms. The van der Waals surface area contributed by atoms with Crippen molar-refractivity contribution in [3.63, 3.8) is 0 Å². The Morgan fingerprint density at radius 3 is 2.44 bits per heavy atom. The van der Waals surface area contributed by atoms with Crippen molar-refractivity contribution in [2.75, 3.05) is 19.7 Å². The van der Waals surface area contributed by atoms with E-state index >= 15 is 0 Å². The summed E-state index contributed by atoms with van der Waals surface area (Å²) >= 11 is 0. The molecule has 0 saturated heterocycles. The van der Waals surface area contributed by atoms with Crippen LogP contribution >= 0.6 is 0 Å². The number of rotatable bonds is 7. The maximum atomic E-state index is 12.4. The van der Waals surface area contributed by atoms with Crippen LogP contribution in [-0.2, 0) is 9.53 Å². The van der Waals surface area contributed by atoms with Crippen LogP contribution in [0.15, 0.2) is 0 Å². The summed E-state index contributed by atoms with van der Waals surface area (Å²) in [4.78, 5) is 11.0. The van der Waals surface area contributed by atoms with Gasteiger partial charge < -0.3 is 10.1 Å². The molecule has 1 unspecified atom stereocenters. The van der Waals surface area contributed by atoms with Crippen LogP contribution in [-0.4, -0.2) is 38.0 Å². The molecule has 1 N–H and O–H groups in total. The number of carbonyl (C=O) groups is 1. The van der Waals surface area contributed by atoms with Crippen molar-refractivity contribution < 1.29 is 27.1 Å². The fourth-order valence-corrected chi connectivity index (χ4v) is 0.900. The topological polar surface area (TPSA) is 38.3 Å². The lowest BCUT2D eigenvalue weighted by atomic mass is 10.2. The summed E-state index contributed by atoms with van der Waals surface area (Å²) in [6.07, 6.45) is -3.71. The highest BCUT2D eigenvalue weighted by Gasteiger charge is 2.40. The van der Waals surface area contributed by atoms with E-state index in [9.17, 15) is 22.4 Å². The van der Waals surface area contributed by atoms with Gasteiger partial charge in [0, 0.05) is 6.54 Å². The summed E-state index contributed by atoms with van der Waals surface area (Å²) in [6, 6.07) is 0. The van der Waals surface area contributed by atoms with Crippen LogP contribution in [0.3, 0.4) is 0 Å². The van der Waals surface area contributed by atoms with E-state index < -0.39 is 30.8 Å². The molecule has 7 heteroatoms. The quantitative estimate of drug-likeness (QED) is 0.547. The lowest BCUT2D eigenvalue weighted by Crippen LogP contribution is -2.41. The van der Waals surface area contributed by atoms with Crippen molar-refractivity contribution in [2.24, 2.45) is 5.92 Å². The van der Waals surface area contributed by atoms with Gasteiger partial charge in [0.15, 0.2) is 0 Å². The second-order valence-electron chi connectivity index (χ2n) is 3.35. The Bertz CT molecular complexity index is 224. The van der Waals surface area contributed by atoms with Gasteiger partial charge in [0.1, 0.15) is 0 Å². The van der Waals surface area contributed by atoms with E-state index in [2.05, 4.69) is 10.1 Å². The summed E-state index contributed by atoms with van der Waals surface area (Å²) in [5, 5.41) is 2.12. The molecule has 0 aliphatic rings. The van der Waals surface area contributed by atoms with E-state index in [1.807, 2.05) is 0 Å². The lowest BCUT2D eigenvalue weighted by Gasteiger charge is -2.17. The third kappa shape index (κ3) is 5.29. The number of hydrogen-bond acceptors (Lipinski definition) is 3. The summed E-state index contributed by atoms with van der Waals surface area (Å²) in [5.41, 5.74) is 0. The van der Waals surface area contributed by atoms with Gasteiger partial charge in [-0.3, -0.25) is 4.79 Å². The fraction of sp³-hybridized carbons (Fsp3) is 0.889. The second-order valence-corrected chi connectivity index (χ2v) is 3.35. The Labute approximate surface area is 91.1 Å². The maximum absolute atomic E-state index is 12.4. The Hall–Kier alpha value is -0.850. The number of nitrogens with one attached hydrogen (secondary N) is 1. The van der Waals surface area contributed by atoms with Gasteiger partial charge >= 0.3 is 18.3 Å². The molecule has 96 valence electrons. The fourth-order valence-electron chi connectivity index (χ4n) is 0.900. The van der Waals surface area contributed by atoms with E-state index in [0.29, 0.717) is 0 Å². The van der Waals surface area contributed by atoms with Gasteiger partial charge in [-0.2, -0.15) is 8.78 Å². The first-order valence-corrected chi connectivity index (χ1v) is 4.84. The molecule has 16 heavy (non-hydrogen) atoms. The molecule has 0 amide bonds. The molecule has 3 nitrogen and oxygen atoms in total. The number of hydrogen-bond donors (Lipinski definition) is 1. The maximum Gasteiger partial charge on any atom is 0.319 e. The number of ether oxygens (including phenoxy) is 1. The van der Waals surface area contributed by atoms with Crippen LogP contribution in [0.1, 0.15) is 13.8 Å². The average Bonchev–Trinajstić information content (AvgIpc) is 2.17. The SMILES string of the molecule is CCOC(=O)C(C)CNCC(F)(F)C(F)F. The van der Waals surface area contributed by atoms with Gasteiger partial charge in [0.05, 0.1) is 19.1 Å². The van der Waals surface area contributed by atoms with Gasteiger partial charge in [-0.1, -0.05) is 6.92 Å². The third-order valence-electron chi connectivity index (χ3n) is 1.82.